The third-order valence-electron chi connectivity index (χ3n) is 3.04. The second-order valence-corrected chi connectivity index (χ2v) is 5.16. The minimum atomic E-state index is -0.0657. The van der Waals surface area contributed by atoms with Crippen LogP contribution in [0.2, 0.25) is 0 Å². The molecule has 1 atom stereocenters. The number of hydrazine groups is 1. The molecule has 0 radical (unpaired) electrons. The summed E-state index contributed by atoms with van der Waals surface area (Å²) in [7, 11) is 3.28. The average Bonchev–Trinajstić information content (AvgIpc) is 2.85. The zero-order chi connectivity index (χ0) is 13.8. The van der Waals surface area contributed by atoms with Crippen LogP contribution in [0, 0.1) is 6.92 Å². The van der Waals surface area contributed by atoms with Crippen LogP contribution < -0.4 is 20.7 Å². The van der Waals surface area contributed by atoms with Crippen molar-refractivity contribution in [3.63, 3.8) is 0 Å². The highest BCUT2D eigenvalue weighted by molar-refractivity contribution is 7.10. The molecule has 1 aromatic heterocycles. The number of hydrogen-bond donors (Lipinski definition) is 2. The van der Waals surface area contributed by atoms with Crippen LogP contribution in [-0.4, -0.2) is 14.2 Å². The van der Waals surface area contributed by atoms with Gasteiger partial charge in [-0.15, -0.1) is 11.3 Å². The maximum absolute atomic E-state index is 5.72. The molecule has 19 heavy (non-hydrogen) atoms. The molecule has 0 aliphatic rings. The van der Waals surface area contributed by atoms with Gasteiger partial charge in [-0.25, -0.2) is 5.43 Å². The van der Waals surface area contributed by atoms with Crippen molar-refractivity contribution in [2.45, 2.75) is 13.0 Å². The molecule has 0 amide bonds. The van der Waals surface area contributed by atoms with Gasteiger partial charge in [-0.05, 0) is 41.6 Å². The molecule has 0 fully saturated rings. The summed E-state index contributed by atoms with van der Waals surface area (Å²) >= 11 is 1.68. The standard InChI is InChI=1S/C14H18N2O2S/c1-9-4-5-19-14(9)13(16-15)10-6-11(17-2)8-12(7-10)18-3/h4-8,13,16H,15H2,1-3H3. The zero-order valence-corrected chi connectivity index (χ0v) is 12.1. The lowest BCUT2D eigenvalue weighted by atomic mass is 10.0. The number of rotatable bonds is 5. The van der Waals surface area contributed by atoms with Crippen LogP contribution in [0.25, 0.3) is 0 Å². The molecule has 0 aliphatic carbocycles. The van der Waals surface area contributed by atoms with Crippen molar-refractivity contribution in [1.82, 2.24) is 5.43 Å². The Morgan fingerprint density at radius 1 is 1.16 bits per heavy atom. The van der Waals surface area contributed by atoms with E-state index < -0.39 is 0 Å². The number of ether oxygens (including phenoxy) is 2. The van der Waals surface area contributed by atoms with Crippen LogP contribution in [0.3, 0.4) is 0 Å². The fourth-order valence-electron chi connectivity index (χ4n) is 2.00. The predicted octanol–water partition coefficient (Wildman–Crippen LogP) is 2.63. The molecular weight excluding hydrogens is 260 g/mol. The lowest BCUT2D eigenvalue weighted by Gasteiger charge is -2.18. The van der Waals surface area contributed by atoms with Crippen LogP contribution in [0.1, 0.15) is 22.0 Å². The highest BCUT2D eigenvalue weighted by Crippen LogP contribution is 2.33. The van der Waals surface area contributed by atoms with E-state index in [1.807, 2.05) is 18.2 Å². The highest BCUT2D eigenvalue weighted by Gasteiger charge is 2.17. The largest absolute Gasteiger partial charge is 0.497 e. The molecule has 1 heterocycles. The first kappa shape index (κ1) is 13.9. The van der Waals surface area contributed by atoms with Gasteiger partial charge in [-0.3, -0.25) is 5.84 Å². The molecule has 0 spiro atoms. The second kappa shape index (κ2) is 6.06. The van der Waals surface area contributed by atoms with Crippen LogP contribution in [0.4, 0.5) is 0 Å². The summed E-state index contributed by atoms with van der Waals surface area (Å²) in [6, 6.07) is 7.79. The first-order valence-corrected chi connectivity index (χ1v) is 6.80. The van der Waals surface area contributed by atoms with Crippen molar-refractivity contribution in [2.24, 2.45) is 5.84 Å². The van der Waals surface area contributed by atoms with Gasteiger partial charge in [-0.2, -0.15) is 0 Å². The molecule has 0 aliphatic heterocycles. The first-order valence-electron chi connectivity index (χ1n) is 5.92. The highest BCUT2D eigenvalue weighted by atomic mass is 32.1. The molecule has 4 nitrogen and oxygen atoms in total. The van der Waals surface area contributed by atoms with Crippen molar-refractivity contribution in [2.75, 3.05) is 14.2 Å². The lowest BCUT2D eigenvalue weighted by molar-refractivity contribution is 0.392. The zero-order valence-electron chi connectivity index (χ0n) is 11.3. The molecule has 5 heteroatoms. The van der Waals surface area contributed by atoms with E-state index in [0.717, 1.165) is 17.1 Å². The topological polar surface area (TPSA) is 56.5 Å². The third-order valence-corrected chi connectivity index (χ3v) is 4.12. The smallest absolute Gasteiger partial charge is 0.122 e. The van der Waals surface area contributed by atoms with E-state index in [1.54, 1.807) is 25.6 Å². The van der Waals surface area contributed by atoms with Gasteiger partial charge >= 0.3 is 0 Å². The van der Waals surface area contributed by atoms with Crippen molar-refractivity contribution in [1.29, 1.82) is 0 Å². The Balaban J connectivity index is 2.46. The van der Waals surface area contributed by atoms with Crippen molar-refractivity contribution in [3.05, 3.63) is 45.6 Å². The molecule has 102 valence electrons. The Morgan fingerprint density at radius 2 is 1.79 bits per heavy atom. The van der Waals surface area contributed by atoms with E-state index >= 15 is 0 Å². The maximum atomic E-state index is 5.72. The minimum absolute atomic E-state index is 0.0657. The third kappa shape index (κ3) is 2.89. The van der Waals surface area contributed by atoms with E-state index in [0.29, 0.717) is 0 Å². The fourth-order valence-corrected chi connectivity index (χ4v) is 3.01. The van der Waals surface area contributed by atoms with Gasteiger partial charge in [0.15, 0.2) is 0 Å². The summed E-state index contributed by atoms with van der Waals surface area (Å²) in [5.41, 5.74) is 5.10. The van der Waals surface area contributed by atoms with Crippen molar-refractivity contribution < 1.29 is 9.47 Å². The lowest BCUT2D eigenvalue weighted by Crippen LogP contribution is -2.28. The first-order chi connectivity index (χ1) is 9.19. The van der Waals surface area contributed by atoms with Crippen LogP contribution >= 0.6 is 11.3 Å². The predicted molar refractivity (Wildman–Crippen MR) is 77.8 cm³/mol. The number of nitrogens with two attached hydrogens (primary N) is 1. The normalized spacial score (nSPS) is 12.2. The summed E-state index contributed by atoms with van der Waals surface area (Å²) < 4.78 is 10.6. The molecule has 1 unspecified atom stereocenters. The van der Waals surface area contributed by atoms with Crippen LogP contribution in [-0.2, 0) is 0 Å². The fraction of sp³-hybridized carbons (Fsp3) is 0.286. The Bertz CT molecular complexity index is 532. The van der Waals surface area contributed by atoms with Gasteiger partial charge in [0.1, 0.15) is 11.5 Å². The van der Waals surface area contributed by atoms with E-state index in [4.69, 9.17) is 15.3 Å². The molecule has 1 aromatic carbocycles. The SMILES string of the molecule is COc1cc(OC)cc(C(NN)c2sccc2C)c1. The van der Waals surface area contributed by atoms with Gasteiger partial charge in [0.2, 0.25) is 0 Å². The molecule has 0 saturated heterocycles. The van der Waals surface area contributed by atoms with Gasteiger partial charge in [0.05, 0.1) is 20.3 Å². The molecule has 0 bridgehead atoms. The summed E-state index contributed by atoms with van der Waals surface area (Å²) in [6.07, 6.45) is 0. The molecule has 3 N–H and O–H groups in total. The van der Waals surface area contributed by atoms with Gasteiger partial charge in [0, 0.05) is 10.9 Å². The Kier molecular flexibility index (Phi) is 4.42. The van der Waals surface area contributed by atoms with Crippen molar-refractivity contribution in [3.8, 4) is 11.5 Å². The summed E-state index contributed by atoms with van der Waals surface area (Å²) in [5, 5.41) is 2.06. The number of benzene rings is 1. The van der Waals surface area contributed by atoms with Gasteiger partial charge < -0.3 is 9.47 Å². The van der Waals surface area contributed by atoms with Crippen LogP contribution in [0.15, 0.2) is 29.6 Å². The Labute approximate surface area is 117 Å². The van der Waals surface area contributed by atoms with Gasteiger partial charge in [0.25, 0.3) is 0 Å². The summed E-state index contributed by atoms with van der Waals surface area (Å²) in [4.78, 5) is 1.19. The molecule has 2 rings (SSSR count). The average molecular weight is 278 g/mol. The Morgan fingerprint density at radius 3 is 2.21 bits per heavy atom. The van der Waals surface area contributed by atoms with E-state index in [9.17, 15) is 0 Å². The number of aryl methyl sites for hydroxylation is 1. The Hall–Kier alpha value is -1.56. The quantitative estimate of drug-likeness (QED) is 0.652. The van der Waals surface area contributed by atoms with E-state index in [1.165, 1.54) is 10.4 Å². The summed E-state index contributed by atoms with van der Waals surface area (Å²) in [5.74, 6) is 7.23. The monoisotopic (exact) mass is 278 g/mol. The van der Waals surface area contributed by atoms with Crippen LogP contribution in [0.5, 0.6) is 11.5 Å². The molecule has 2 aromatic rings. The van der Waals surface area contributed by atoms with Crippen molar-refractivity contribution >= 4 is 11.3 Å². The van der Waals surface area contributed by atoms with Gasteiger partial charge in [-0.1, -0.05) is 0 Å². The maximum Gasteiger partial charge on any atom is 0.122 e. The summed E-state index contributed by atoms with van der Waals surface area (Å²) in [6.45, 7) is 2.08. The van der Waals surface area contributed by atoms with E-state index in [2.05, 4.69) is 23.8 Å². The molecule has 0 saturated carbocycles. The van der Waals surface area contributed by atoms with E-state index in [-0.39, 0.29) is 6.04 Å². The minimum Gasteiger partial charge on any atom is -0.497 e. The number of methoxy groups -OCH3 is 2. The molecular formula is C14H18N2O2S. The number of nitrogens with one attached hydrogen (secondary N) is 1. The number of hydrogen-bond acceptors (Lipinski definition) is 5. The number of thiophene rings is 1. The second-order valence-electron chi connectivity index (χ2n) is 4.21.